The van der Waals surface area contributed by atoms with Crippen LogP contribution in [0.1, 0.15) is 35.1 Å². The molecule has 1 saturated carbocycles. The van der Waals surface area contributed by atoms with Crippen LogP contribution in [0.4, 0.5) is 0 Å². The molecule has 0 bridgehead atoms. The van der Waals surface area contributed by atoms with Crippen LogP contribution < -0.4 is 0 Å². The number of fused-ring (bicyclic) bond motifs is 1. The Labute approximate surface area is 151 Å². The lowest BCUT2D eigenvalue weighted by Crippen LogP contribution is -2.44. The molecule has 0 saturated heterocycles. The first-order chi connectivity index (χ1) is 12.1. The summed E-state index contributed by atoms with van der Waals surface area (Å²) in [6, 6.07) is 14.1. The van der Waals surface area contributed by atoms with Crippen molar-refractivity contribution in [3.05, 3.63) is 70.2 Å². The van der Waals surface area contributed by atoms with Gasteiger partial charge in [0.05, 0.1) is 0 Å². The van der Waals surface area contributed by atoms with Crippen LogP contribution >= 0.6 is 11.6 Å². The third-order valence-electron chi connectivity index (χ3n) is 5.21. The quantitative estimate of drug-likeness (QED) is 0.914. The van der Waals surface area contributed by atoms with Crippen molar-refractivity contribution in [2.24, 2.45) is 5.92 Å². The van der Waals surface area contributed by atoms with Crippen LogP contribution in [0, 0.1) is 5.92 Å². The maximum absolute atomic E-state index is 13.0. The van der Waals surface area contributed by atoms with Crippen molar-refractivity contribution < 1.29 is 14.7 Å². The molecule has 1 aliphatic heterocycles. The number of carbonyl (C=O) groups excluding carboxylic acids is 1. The van der Waals surface area contributed by atoms with Crippen molar-refractivity contribution in [1.29, 1.82) is 0 Å². The molecule has 5 heteroatoms. The molecule has 128 valence electrons. The fraction of sp³-hybridized carbons (Fsp3) is 0.300. The summed E-state index contributed by atoms with van der Waals surface area (Å²) in [5.41, 5.74) is 2.72. The van der Waals surface area contributed by atoms with Gasteiger partial charge >= 0.3 is 5.97 Å². The van der Waals surface area contributed by atoms with E-state index in [1.807, 2.05) is 48.5 Å². The van der Waals surface area contributed by atoms with Gasteiger partial charge in [-0.05, 0) is 41.5 Å². The van der Waals surface area contributed by atoms with E-state index in [4.69, 9.17) is 11.6 Å². The van der Waals surface area contributed by atoms with E-state index in [1.165, 1.54) is 4.90 Å². The molecule has 1 amide bonds. The molecular formula is C20H18ClNO3. The highest BCUT2D eigenvalue weighted by Gasteiger charge is 2.49. The van der Waals surface area contributed by atoms with Crippen LogP contribution in [-0.2, 0) is 16.0 Å². The van der Waals surface area contributed by atoms with Crippen molar-refractivity contribution in [1.82, 2.24) is 4.90 Å². The van der Waals surface area contributed by atoms with Crippen molar-refractivity contribution >= 4 is 23.5 Å². The molecule has 2 aromatic rings. The zero-order valence-corrected chi connectivity index (χ0v) is 14.3. The van der Waals surface area contributed by atoms with Crippen molar-refractivity contribution in [3.63, 3.8) is 0 Å². The zero-order valence-electron chi connectivity index (χ0n) is 13.6. The minimum Gasteiger partial charge on any atom is -0.479 e. The Kier molecular flexibility index (Phi) is 4.00. The standard InChI is InChI=1S/C20H18ClNO3/c21-17-8-4-3-7-14(17)15-11-16(15)19(23)22-10-9-12-5-1-2-6-13(12)18(22)20(24)25/h1-8,15-16,18H,9-11H2,(H,24,25). The van der Waals surface area contributed by atoms with E-state index >= 15 is 0 Å². The molecule has 1 heterocycles. The van der Waals surface area contributed by atoms with E-state index in [0.717, 1.165) is 23.1 Å². The number of hydrogen-bond donors (Lipinski definition) is 1. The third-order valence-corrected chi connectivity index (χ3v) is 5.56. The fourth-order valence-corrected chi connectivity index (χ4v) is 4.15. The Hall–Kier alpha value is -2.33. The normalized spacial score (nSPS) is 24.5. The van der Waals surface area contributed by atoms with Gasteiger partial charge in [0.2, 0.25) is 5.91 Å². The topological polar surface area (TPSA) is 57.6 Å². The second-order valence-electron chi connectivity index (χ2n) is 6.69. The third kappa shape index (κ3) is 2.81. The second-order valence-corrected chi connectivity index (χ2v) is 7.10. The van der Waals surface area contributed by atoms with Gasteiger partial charge in [0.15, 0.2) is 6.04 Å². The summed E-state index contributed by atoms with van der Waals surface area (Å²) >= 11 is 6.24. The summed E-state index contributed by atoms with van der Waals surface area (Å²) in [6.45, 7) is 0.443. The molecule has 25 heavy (non-hydrogen) atoms. The monoisotopic (exact) mass is 355 g/mol. The van der Waals surface area contributed by atoms with Crippen LogP contribution in [0.2, 0.25) is 5.02 Å². The summed E-state index contributed by atoms with van der Waals surface area (Å²) in [4.78, 5) is 26.4. The zero-order chi connectivity index (χ0) is 17.6. The Morgan fingerprint density at radius 2 is 1.72 bits per heavy atom. The maximum atomic E-state index is 13.0. The largest absolute Gasteiger partial charge is 0.479 e. The highest BCUT2D eigenvalue weighted by molar-refractivity contribution is 6.31. The van der Waals surface area contributed by atoms with Gasteiger partial charge in [-0.1, -0.05) is 54.1 Å². The highest BCUT2D eigenvalue weighted by atomic mass is 35.5. The number of rotatable bonds is 3. The summed E-state index contributed by atoms with van der Waals surface area (Å²) in [5.74, 6) is -1.14. The van der Waals surface area contributed by atoms with Crippen LogP contribution in [-0.4, -0.2) is 28.4 Å². The number of carbonyl (C=O) groups is 2. The maximum Gasteiger partial charge on any atom is 0.331 e. The minimum atomic E-state index is -0.976. The molecule has 1 fully saturated rings. The van der Waals surface area contributed by atoms with Crippen LogP contribution in [0.15, 0.2) is 48.5 Å². The molecule has 3 atom stereocenters. The predicted octanol–water partition coefficient (Wildman–Crippen LogP) is 3.65. The summed E-state index contributed by atoms with van der Waals surface area (Å²) in [7, 11) is 0. The first kappa shape index (κ1) is 16.2. The Morgan fingerprint density at radius 1 is 1.04 bits per heavy atom. The van der Waals surface area contributed by atoms with Crippen LogP contribution in [0.3, 0.4) is 0 Å². The number of hydrogen-bond acceptors (Lipinski definition) is 2. The number of carboxylic acids is 1. The predicted molar refractivity (Wildman–Crippen MR) is 94.5 cm³/mol. The number of amides is 1. The number of aliphatic carboxylic acids is 1. The first-order valence-electron chi connectivity index (χ1n) is 8.43. The van der Waals surface area contributed by atoms with E-state index in [0.29, 0.717) is 18.0 Å². The van der Waals surface area contributed by atoms with Gasteiger partial charge in [0.1, 0.15) is 0 Å². The van der Waals surface area contributed by atoms with Crippen LogP contribution in [0.5, 0.6) is 0 Å². The van der Waals surface area contributed by atoms with Gasteiger partial charge in [0, 0.05) is 17.5 Å². The SMILES string of the molecule is O=C(O)C1c2ccccc2CCN1C(=O)C1CC1c1ccccc1Cl. The van der Waals surface area contributed by atoms with E-state index in [2.05, 4.69) is 0 Å². The lowest BCUT2D eigenvalue weighted by atomic mass is 9.92. The molecule has 1 N–H and O–H groups in total. The molecule has 2 aromatic carbocycles. The van der Waals surface area contributed by atoms with Gasteiger partial charge in [-0.15, -0.1) is 0 Å². The van der Waals surface area contributed by atoms with Gasteiger partial charge < -0.3 is 10.0 Å². The molecule has 4 rings (SSSR count). The van der Waals surface area contributed by atoms with Gasteiger partial charge in [0.25, 0.3) is 0 Å². The number of benzene rings is 2. The molecule has 0 aromatic heterocycles. The van der Waals surface area contributed by atoms with Crippen molar-refractivity contribution in [2.75, 3.05) is 6.54 Å². The summed E-state index contributed by atoms with van der Waals surface area (Å²) in [5, 5.41) is 10.4. The smallest absolute Gasteiger partial charge is 0.331 e. The van der Waals surface area contributed by atoms with E-state index in [-0.39, 0.29) is 17.7 Å². The number of halogens is 1. The lowest BCUT2D eigenvalue weighted by Gasteiger charge is -2.35. The fourth-order valence-electron chi connectivity index (χ4n) is 3.87. The van der Waals surface area contributed by atoms with Gasteiger partial charge in [-0.25, -0.2) is 4.79 Å². The summed E-state index contributed by atoms with van der Waals surface area (Å²) < 4.78 is 0. The molecule has 2 aliphatic rings. The molecule has 3 unspecified atom stereocenters. The molecule has 1 aliphatic carbocycles. The first-order valence-corrected chi connectivity index (χ1v) is 8.81. The van der Waals surface area contributed by atoms with Gasteiger partial charge in [-0.3, -0.25) is 4.79 Å². The van der Waals surface area contributed by atoms with E-state index in [1.54, 1.807) is 0 Å². The average Bonchev–Trinajstić information content (AvgIpc) is 3.40. The molecular weight excluding hydrogens is 338 g/mol. The Morgan fingerprint density at radius 3 is 2.44 bits per heavy atom. The molecule has 4 nitrogen and oxygen atoms in total. The molecule has 0 spiro atoms. The number of carboxylic acid groups (broad SMARTS) is 1. The van der Waals surface area contributed by atoms with Crippen molar-refractivity contribution in [2.45, 2.75) is 24.8 Å². The Bertz CT molecular complexity index is 850. The minimum absolute atomic E-state index is 0.0770. The Balaban J connectivity index is 1.59. The second kappa shape index (κ2) is 6.19. The number of nitrogens with zero attached hydrogens (tertiary/aromatic N) is 1. The van der Waals surface area contributed by atoms with Crippen LogP contribution in [0.25, 0.3) is 0 Å². The summed E-state index contributed by atoms with van der Waals surface area (Å²) in [6.07, 6.45) is 1.42. The van der Waals surface area contributed by atoms with Crippen molar-refractivity contribution in [3.8, 4) is 0 Å². The van der Waals surface area contributed by atoms with E-state index < -0.39 is 12.0 Å². The average molecular weight is 356 g/mol. The van der Waals surface area contributed by atoms with Gasteiger partial charge in [-0.2, -0.15) is 0 Å². The lowest BCUT2D eigenvalue weighted by molar-refractivity contribution is -0.151. The molecule has 0 radical (unpaired) electrons. The highest BCUT2D eigenvalue weighted by Crippen LogP contribution is 2.51. The van der Waals surface area contributed by atoms with E-state index in [9.17, 15) is 14.7 Å².